The van der Waals surface area contributed by atoms with E-state index in [4.69, 9.17) is 0 Å². The maximum atomic E-state index is 4.46. The van der Waals surface area contributed by atoms with Crippen LogP contribution in [-0.4, -0.2) is 29.0 Å². The summed E-state index contributed by atoms with van der Waals surface area (Å²) in [6.07, 6.45) is 1.74. The van der Waals surface area contributed by atoms with Crippen molar-refractivity contribution in [1.82, 2.24) is 15.3 Å². The molecule has 0 bridgehead atoms. The van der Waals surface area contributed by atoms with Crippen molar-refractivity contribution in [2.24, 2.45) is 4.99 Å². The zero-order valence-electron chi connectivity index (χ0n) is 9.80. The van der Waals surface area contributed by atoms with E-state index in [-0.39, 0.29) is 0 Å². The number of benzene rings is 1. The van der Waals surface area contributed by atoms with E-state index >= 15 is 0 Å². The maximum Gasteiger partial charge on any atom is 0.197 e. The Hall–Kier alpha value is -2.43. The predicted molar refractivity (Wildman–Crippen MR) is 71.4 cm³/mol. The van der Waals surface area contributed by atoms with Gasteiger partial charge in [-0.3, -0.25) is 4.99 Å². The number of aromatic nitrogens is 2. The van der Waals surface area contributed by atoms with Gasteiger partial charge in [-0.2, -0.15) is 0 Å². The first-order valence-electron chi connectivity index (χ1n) is 5.86. The molecule has 0 aliphatic carbocycles. The molecule has 2 aromatic rings. The average molecular weight is 239 g/mol. The fourth-order valence-corrected chi connectivity index (χ4v) is 1.76. The lowest BCUT2D eigenvalue weighted by atomic mass is 10.2. The van der Waals surface area contributed by atoms with Crippen LogP contribution >= 0.6 is 0 Å². The zero-order chi connectivity index (χ0) is 12.2. The van der Waals surface area contributed by atoms with E-state index in [9.17, 15) is 0 Å². The first kappa shape index (κ1) is 10.7. The van der Waals surface area contributed by atoms with Gasteiger partial charge in [0, 0.05) is 18.3 Å². The van der Waals surface area contributed by atoms with E-state index in [1.807, 2.05) is 36.4 Å². The molecule has 0 atom stereocenters. The number of anilines is 1. The number of guanidine groups is 1. The Labute approximate surface area is 105 Å². The van der Waals surface area contributed by atoms with E-state index < -0.39 is 0 Å². The molecular weight excluding hydrogens is 226 g/mol. The highest BCUT2D eigenvalue weighted by atomic mass is 15.2. The molecular formula is C13H13N5. The minimum absolute atomic E-state index is 0.708. The van der Waals surface area contributed by atoms with Crippen molar-refractivity contribution in [3.05, 3.63) is 42.6 Å². The van der Waals surface area contributed by atoms with Crippen molar-refractivity contribution in [2.45, 2.75) is 0 Å². The van der Waals surface area contributed by atoms with E-state index in [0.29, 0.717) is 5.82 Å². The smallest absolute Gasteiger partial charge is 0.197 e. The second-order valence-electron chi connectivity index (χ2n) is 3.91. The fourth-order valence-electron chi connectivity index (χ4n) is 1.76. The summed E-state index contributed by atoms with van der Waals surface area (Å²) in [4.78, 5) is 13.0. The Morgan fingerprint density at radius 2 is 2.00 bits per heavy atom. The summed E-state index contributed by atoms with van der Waals surface area (Å²) in [5.74, 6) is 2.23. The summed E-state index contributed by atoms with van der Waals surface area (Å²) in [6.45, 7) is 1.68. The summed E-state index contributed by atoms with van der Waals surface area (Å²) in [7, 11) is 0. The van der Waals surface area contributed by atoms with Crippen LogP contribution in [0.1, 0.15) is 0 Å². The van der Waals surface area contributed by atoms with Gasteiger partial charge in [0.1, 0.15) is 5.82 Å². The van der Waals surface area contributed by atoms with Crippen LogP contribution in [-0.2, 0) is 0 Å². The highest BCUT2D eigenvalue weighted by Crippen LogP contribution is 2.15. The number of hydrogen-bond donors (Lipinski definition) is 2. The predicted octanol–water partition coefficient (Wildman–Crippen LogP) is 1.51. The van der Waals surface area contributed by atoms with Crippen molar-refractivity contribution in [3.63, 3.8) is 0 Å². The topological polar surface area (TPSA) is 62.2 Å². The Bertz CT molecular complexity index is 565. The number of rotatable bonds is 2. The quantitative estimate of drug-likeness (QED) is 0.834. The zero-order valence-corrected chi connectivity index (χ0v) is 9.80. The molecule has 0 spiro atoms. The standard InChI is InChI=1S/C13H13N5/c1-2-4-10(5-3-1)12-14-7-6-11(17-12)18-13-15-8-9-16-13/h1-7H,8-9H2,(H2,14,15,16,17,18). The second-order valence-corrected chi connectivity index (χ2v) is 3.91. The van der Waals surface area contributed by atoms with Crippen molar-refractivity contribution < 1.29 is 0 Å². The minimum atomic E-state index is 0.708. The van der Waals surface area contributed by atoms with Crippen LogP contribution in [0.25, 0.3) is 11.4 Å². The third-order valence-corrected chi connectivity index (χ3v) is 2.61. The molecule has 3 rings (SSSR count). The number of aliphatic imine (C=N–C) groups is 1. The lowest BCUT2D eigenvalue weighted by Gasteiger charge is -2.06. The molecule has 1 aromatic carbocycles. The van der Waals surface area contributed by atoms with Crippen LogP contribution in [0.2, 0.25) is 0 Å². The lowest BCUT2D eigenvalue weighted by Crippen LogP contribution is -2.26. The van der Waals surface area contributed by atoms with Crippen LogP contribution in [0.4, 0.5) is 5.82 Å². The van der Waals surface area contributed by atoms with Crippen LogP contribution in [0.5, 0.6) is 0 Å². The number of hydrogen-bond acceptors (Lipinski definition) is 5. The summed E-state index contributed by atoms with van der Waals surface area (Å²) < 4.78 is 0. The van der Waals surface area contributed by atoms with Gasteiger partial charge in [0.05, 0.1) is 6.54 Å². The SMILES string of the molecule is c1ccc(-c2nccc(NC3=NCCN3)n2)cc1. The molecule has 5 heteroatoms. The van der Waals surface area contributed by atoms with Gasteiger partial charge in [0.15, 0.2) is 11.8 Å². The van der Waals surface area contributed by atoms with Crippen LogP contribution in [0.3, 0.4) is 0 Å². The molecule has 2 N–H and O–H groups in total. The summed E-state index contributed by atoms with van der Waals surface area (Å²) in [6, 6.07) is 11.7. The van der Waals surface area contributed by atoms with Crippen LogP contribution in [0.15, 0.2) is 47.6 Å². The van der Waals surface area contributed by atoms with Crippen molar-refractivity contribution in [1.29, 1.82) is 0 Å². The van der Waals surface area contributed by atoms with E-state index in [2.05, 4.69) is 25.6 Å². The Morgan fingerprint density at radius 3 is 2.78 bits per heavy atom. The Kier molecular flexibility index (Phi) is 2.87. The molecule has 1 aromatic heterocycles. The lowest BCUT2D eigenvalue weighted by molar-refractivity contribution is 0.958. The summed E-state index contributed by atoms with van der Waals surface area (Å²) in [5.41, 5.74) is 1.00. The third kappa shape index (κ3) is 2.29. The van der Waals surface area contributed by atoms with Crippen LogP contribution < -0.4 is 10.6 Å². The van der Waals surface area contributed by atoms with Crippen molar-refractivity contribution >= 4 is 11.8 Å². The molecule has 0 unspecified atom stereocenters. The monoisotopic (exact) mass is 239 g/mol. The molecule has 2 heterocycles. The van der Waals surface area contributed by atoms with Gasteiger partial charge < -0.3 is 10.6 Å². The first-order chi connectivity index (χ1) is 8.92. The highest BCUT2D eigenvalue weighted by Gasteiger charge is 2.07. The molecule has 1 aliphatic rings. The molecule has 0 fully saturated rings. The fraction of sp³-hybridized carbons (Fsp3) is 0.154. The van der Waals surface area contributed by atoms with E-state index in [1.54, 1.807) is 6.20 Å². The number of nitrogens with one attached hydrogen (secondary N) is 2. The van der Waals surface area contributed by atoms with Crippen molar-refractivity contribution in [3.8, 4) is 11.4 Å². The largest absolute Gasteiger partial charge is 0.354 e. The van der Waals surface area contributed by atoms with Crippen molar-refractivity contribution in [2.75, 3.05) is 18.4 Å². The van der Waals surface area contributed by atoms with Gasteiger partial charge in [-0.15, -0.1) is 0 Å². The number of nitrogens with zero attached hydrogens (tertiary/aromatic N) is 3. The molecule has 0 saturated carbocycles. The Balaban J connectivity index is 1.85. The van der Waals surface area contributed by atoms with E-state index in [1.165, 1.54) is 0 Å². The van der Waals surface area contributed by atoms with Gasteiger partial charge in [0.2, 0.25) is 0 Å². The van der Waals surface area contributed by atoms with Gasteiger partial charge in [-0.25, -0.2) is 9.97 Å². The van der Waals surface area contributed by atoms with Gasteiger partial charge in [-0.05, 0) is 6.07 Å². The van der Waals surface area contributed by atoms with Crippen LogP contribution in [0, 0.1) is 0 Å². The molecule has 1 aliphatic heterocycles. The Morgan fingerprint density at radius 1 is 1.11 bits per heavy atom. The molecule has 0 amide bonds. The molecule has 0 saturated heterocycles. The van der Waals surface area contributed by atoms with E-state index in [0.717, 1.165) is 30.4 Å². The highest BCUT2D eigenvalue weighted by molar-refractivity contribution is 5.93. The molecule has 5 nitrogen and oxygen atoms in total. The third-order valence-electron chi connectivity index (χ3n) is 2.61. The first-order valence-corrected chi connectivity index (χ1v) is 5.86. The molecule has 0 radical (unpaired) electrons. The minimum Gasteiger partial charge on any atom is -0.354 e. The molecule has 90 valence electrons. The normalized spacial score (nSPS) is 13.9. The van der Waals surface area contributed by atoms with Gasteiger partial charge in [0.25, 0.3) is 0 Å². The second kappa shape index (κ2) is 4.83. The van der Waals surface area contributed by atoms with Gasteiger partial charge in [-0.1, -0.05) is 30.3 Å². The average Bonchev–Trinajstić information content (AvgIpc) is 2.93. The summed E-state index contributed by atoms with van der Waals surface area (Å²) >= 11 is 0. The molecule has 18 heavy (non-hydrogen) atoms. The maximum absolute atomic E-state index is 4.46. The van der Waals surface area contributed by atoms with Gasteiger partial charge >= 0.3 is 0 Å². The summed E-state index contributed by atoms with van der Waals surface area (Å²) in [5, 5.41) is 6.28.